The second-order valence-electron chi connectivity index (χ2n) is 4.67. The van der Waals surface area contributed by atoms with Crippen molar-refractivity contribution < 1.29 is 15.3 Å². The van der Waals surface area contributed by atoms with Crippen LogP contribution < -0.4 is 0 Å². The van der Waals surface area contributed by atoms with E-state index in [4.69, 9.17) is 5.11 Å². The third-order valence-electron chi connectivity index (χ3n) is 2.09. The highest BCUT2D eigenvalue weighted by Gasteiger charge is 2.19. The smallest absolute Gasteiger partial charge is 0.0849 e. The van der Waals surface area contributed by atoms with Gasteiger partial charge >= 0.3 is 0 Å². The highest BCUT2D eigenvalue weighted by Crippen LogP contribution is 2.17. The fourth-order valence-electron chi connectivity index (χ4n) is 1.14. The number of aliphatic hydroxyl groups is 3. The summed E-state index contributed by atoms with van der Waals surface area (Å²) in [5.74, 6) is 0. The first kappa shape index (κ1) is 12.9. The van der Waals surface area contributed by atoms with E-state index in [0.29, 0.717) is 6.42 Å². The molecule has 0 aromatic rings. The van der Waals surface area contributed by atoms with Crippen LogP contribution in [0.3, 0.4) is 0 Å². The summed E-state index contributed by atoms with van der Waals surface area (Å²) < 4.78 is 0. The summed E-state index contributed by atoms with van der Waals surface area (Å²) in [6.07, 6.45) is 3.02. The molecule has 0 spiro atoms. The first-order chi connectivity index (χ1) is 5.77. The fraction of sp³-hybridized carbons (Fsp3) is 1.00. The summed E-state index contributed by atoms with van der Waals surface area (Å²) in [5, 5.41) is 27.6. The van der Waals surface area contributed by atoms with Gasteiger partial charge in [-0.15, -0.1) is 0 Å². The fourth-order valence-corrected chi connectivity index (χ4v) is 1.14. The lowest BCUT2D eigenvalue weighted by Crippen LogP contribution is -2.28. The van der Waals surface area contributed by atoms with Gasteiger partial charge in [0.1, 0.15) is 0 Å². The van der Waals surface area contributed by atoms with Crippen LogP contribution in [-0.4, -0.2) is 33.1 Å². The van der Waals surface area contributed by atoms with E-state index in [1.54, 1.807) is 20.8 Å². The Labute approximate surface area is 80.4 Å². The molecule has 0 amide bonds. The summed E-state index contributed by atoms with van der Waals surface area (Å²) in [6.45, 7) is 4.97. The molecule has 0 aliphatic heterocycles. The standard InChI is InChI=1S/C10H22O3/c1-9(2,12)6-4-5-7-10(3,13)8-11/h11-13H,4-8H2,1-3H3. The van der Waals surface area contributed by atoms with Gasteiger partial charge < -0.3 is 15.3 Å². The van der Waals surface area contributed by atoms with Crippen molar-refractivity contribution in [2.75, 3.05) is 6.61 Å². The van der Waals surface area contributed by atoms with E-state index in [0.717, 1.165) is 19.3 Å². The van der Waals surface area contributed by atoms with Gasteiger partial charge in [0.2, 0.25) is 0 Å². The summed E-state index contributed by atoms with van der Waals surface area (Å²) in [7, 11) is 0. The van der Waals surface area contributed by atoms with Gasteiger partial charge in [0, 0.05) is 0 Å². The lowest BCUT2D eigenvalue weighted by Gasteiger charge is -2.21. The van der Waals surface area contributed by atoms with Crippen molar-refractivity contribution in [2.24, 2.45) is 0 Å². The molecule has 3 heteroatoms. The third-order valence-corrected chi connectivity index (χ3v) is 2.09. The third kappa shape index (κ3) is 8.22. The highest BCUT2D eigenvalue weighted by atomic mass is 16.3. The lowest BCUT2D eigenvalue weighted by molar-refractivity contribution is -0.00880. The Morgan fingerprint density at radius 1 is 0.923 bits per heavy atom. The van der Waals surface area contributed by atoms with Gasteiger partial charge in [-0.05, 0) is 33.6 Å². The number of unbranched alkanes of at least 4 members (excludes halogenated alkanes) is 1. The summed E-state index contributed by atoms with van der Waals surface area (Å²) in [6, 6.07) is 0. The topological polar surface area (TPSA) is 60.7 Å². The Morgan fingerprint density at radius 3 is 1.77 bits per heavy atom. The summed E-state index contributed by atoms with van der Waals surface area (Å²) in [5.41, 5.74) is -1.58. The predicted molar refractivity (Wildman–Crippen MR) is 52.5 cm³/mol. The quantitative estimate of drug-likeness (QED) is 0.549. The monoisotopic (exact) mass is 190 g/mol. The molecule has 3 nitrogen and oxygen atoms in total. The minimum atomic E-state index is -0.959. The SMILES string of the molecule is CC(C)(O)CCCCC(C)(O)CO. The van der Waals surface area contributed by atoms with Crippen LogP contribution in [0.4, 0.5) is 0 Å². The van der Waals surface area contributed by atoms with Crippen molar-refractivity contribution in [2.45, 2.75) is 57.7 Å². The van der Waals surface area contributed by atoms with Gasteiger partial charge in [-0.1, -0.05) is 12.8 Å². The molecule has 0 aliphatic rings. The molecule has 1 atom stereocenters. The molecular formula is C10H22O3. The van der Waals surface area contributed by atoms with Crippen LogP contribution in [0.25, 0.3) is 0 Å². The molecule has 0 aromatic heterocycles. The van der Waals surface area contributed by atoms with Crippen LogP contribution >= 0.6 is 0 Å². The van der Waals surface area contributed by atoms with E-state index in [1.807, 2.05) is 0 Å². The number of rotatable bonds is 6. The molecule has 0 radical (unpaired) electrons. The Morgan fingerprint density at radius 2 is 1.38 bits per heavy atom. The predicted octanol–water partition coefficient (Wildman–Crippen LogP) is 1.06. The van der Waals surface area contributed by atoms with Gasteiger partial charge in [0.25, 0.3) is 0 Å². The molecular weight excluding hydrogens is 168 g/mol. The number of hydrogen-bond acceptors (Lipinski definition) is 3. The van der Waals surface area contributed by atoms with Crippen LogP contribution in [0, 0.1) is 0 Å². The molecule has 80 valence electrons. The van der Waals surface area contributed by atoms with Crippen LogP contribution in [-0.2, 0) is 0 Å². The van der Waals surface area contributed by atoms with Crippen molar-refractivity contribution in [3.8, 4) is 0 Å². The average molecular weight is 190 g/mol. The molecule has 0 aliphatic carbocycles. The van der Waals surface area contributed by atoms with Gasteiger partial charge in [0.05, 0.1) is 17.8 Å². The highest BCUT2D eigenvalue weighted by molar-refractivity contribution is 4.72. The first-order valence-electron chi connectivity index (χ1n) is 4.82. The van der Waals surface area contributed by atoms with E-state index < -0.39 is 11.2 Å². The maximum Gasteiger partial charge on any atom is 0.0849 e. The van der Waals surface area contributed by atoms with Crippen molar-refractivity contribution >= 4 is 0 Å². The molecule has 0 heterocycles. The first-order valence-corrected chi connectivity index (χ1v) is 4.82. The normalized spacial score (nSPS) is 17.1. The van der Waals surface area contributed by atoms with Gasteiger partial charge in [-0.2, -0.15) is 0 Å². The van der Waals surface area contributed by atoms with Crippen molar-refractivity contribution in [3.63, 3.8) is 0 Å². The zero-order valence-corrected chi connectivity index (χ0v) is 8.88. The zero-order chi connectivity index (χ0) is 10.5. The maximum atomic E-state index is 9.44. The largest absolute Gasteiger partial charge is 0.393 e. The molecule has 13 heavy (non-hydrogen) atoms. The second-order valence-corrected chi connectivity index (χ2v) is 4.67. The van der Waals surface area contributed by atoms with Crippen molar-refractivity contribution in [1.82, 2.24) is 0 Å². The van der Waals surface area contributed by atoms with E-state index in [1.165, 1.54) is 0 Å². The second kappa shape index (κ2) is 4.94. The van der Waals surface area contributed by atoms with E-state index in [-0.39, 0.29) is 6.61 Å². The van der Waals surface area contributed by atoms with Crippen molar-refractivity contribution in [1.29, 1.82) is 0 Å². The van der Waals surface area contributed by atoms with E-state index in [2.05, 4.69) is 0 Å². The minimum Gasteiger partial charge on any atom is -0.393 e. The molecule has 0 saturated heterocycles. The van der Waals surface area contributed by atoms with Gasteiger partial charge in [-0.25, -0.2) is 0 Å². The van der Waals surface area contributed by atoms with Crippen LogP contribution in [0.1, 0.15) is 46.5 Å². The lowest BCUT2D eigenvalue weighted by atomic mass is 9.95. The molecule has 0 fully saturated rings. The zero-order valence-electron chi connectivity index (χ0n) is 8.88. The Kier molecular flexibility index (Phi) is 4.89. The molecule has 3 N–H and O–H groups in total. The van der Waals surface area contributed by atoms with Gasteiger partial charge in [-0.3, -0.25) is 0 Å². The minimum absolute atomic E-state index is 0.199. The molecule has 0 saturated carbocycles. The summed E-state index contributed by atoms with van der Waals surface area (Å²) >= 11 is 0. The molecule has 0 rings (SSSR count). The van der Waals surface area contributed by atoms with Crippen LogP contribution in [0.15, 0.2) is 0 Å². The Bertz CT molecular complexity index is 136. The van der Waals surface area contributed by atoms with E-state index >= 15 is 0 Å². The Hall–Kier alpha value is -0.120. The average Bonchev–Trinajstić information content (AvgIpc) is 1.97. The van der Waals surface area contributed by atoms with Gasteiger partial charge in [0.15, 0.2) is 0 Å². The van der Waals surface area contributed by atoms with Crippen molar-refractivity contribution in [3.05, 3.63) is 0 Å². The van der Waals surface area contributed by atoms with Crippen LogP contribution in [0.5, 0.6) is 0 Å². The van der Waals surface area contributed by atoms with Crippen LogP contribution in [0.2, 0.25) is 0 Å². The Balaban J connectivity index is 3.47. The number of hydrogen-bond donors (Lipinski definition) is 3. The number of aliphatic hydroxyl groups excluding tert-OH is 1. The molecule has 0 aromatic carbocycles. The summed E-state index contributed by atoms with van der Waals surface area (Å²) in [4.78, 5) is 0. The molecule has 0 bridgehead atoms. The molecule has 1 unspecified atom stereocenters. The maximum absolute atomic E-state index is 9.44. The van der Waals surface area contributed by atoms with E-state index in [9.17, 15) is 10.2 Å².